The van der Waals surface area contributed by atoms with E-state index in [4.69, 9.17) is 26.3 Å². The molecule has 122 valence electrons. The van der Waals surface area contributed by atoms with Gasteiger partial charge in [-0.05, 0) is 42.3 Å². The molecule has 8 heteroatoms. The quantitative estimate of drug-likeness (QED) is 0.356. The summed E-state index contributed by atoms with van der Waals surface area (Å²) < 4.78 is 23.6. The van der Waals surface area contributed by atoms with Crippen LogP contribution in [0.15, 0.2) is 36.0 Å². The lowest BCUT2D eigenvalue weighted by molar-refractivity contribution is -0.137. The lowest BCUT2D eigenvalue weighted by Crippen LogP contribution is -2.05. The van der Waals surface area contributed by atoms with Gasteiger partial charge in [-0.2, -0.15) is 14.6 Å². The summed E-state index contributed by atoms with van der Waals surface area (Å²) in [6.07, 6.45) is 2.28. The molecular formula is C16H11ClFN3O3. The van der Waals surface area contributed by atoms with E-state index in [1.807, 2.05) is 0 Å². The Morgan fingerprint density at radius 2 is 2.12 bits per heavy atom. The first-order chi connectivity index (χ1) is 11.5. The Kier molecular flexibility index (Phi) is 5.82. The third-order valence-electron chi connectivity index (χ3n) is 2.70. The normalized spacial score (nSPS) is 10.8. The van der Waals surface area contributed by atoms with Crippen LogP contribution in [0.25, 0.3) is 6.08 Å². The highest BCUT2D eigenvalue weighted by atomic mass is 35.5. The molecule has 0 amide bonds. The highest BCUT2D eigenvalue weighted by molar-refractivity contribution is 6.28. The van der Waals surface area contributed by atoms with Gasteiger partial charge in [0.2, 0.25) is 11.1 Å². The van der Waals surface area contributed by atoms with Gasteiger partial charge in [-0.15, -0.1) is 0 Å². The van der Waals surface area contributed by atoms with Gasteiger partial charge in [-0.3, -0.25) is 0 Å². The van der Waals surface area contributed by atoms with E-state index in [0.717, 1.165) is 6.20 Å². The van der Waals surface area contributed by atoms with Gasteiger partial charge < -0.3 is 9.47 Å². The van der Waals surface area contributed by atoms with Gasteiger partial charge in [0.25, 0.3) is 5.88 Å². The van der Waals surface area contributed by atoms with Crippen molar-refractivity contribution < 1.29 is 18.7 Å². The fourth-order valence-electron chi connectivity index (χ4n) is 1.66. The Balaban J connectivity index is 2.17. The number of hydrogen-bond acceptors (Lipinski definition) is 6. The lowest BCUT2D eigenvalue weighted by Gasteiger charge is -2.06. The molecule has 0 spiro atoms. The van der Waals surface area contributed by atoms with Crippen LogP contribution in [0, 0.1) is 17.1 Å². The van der Waals surface area contributed by atoms with Crippen molar-refractivity contribution >= 4 is 23.6 Å². The summed E-state index contributed by atoms with van der Waals surface area (Å²) in [4.78, 5) is 18.7. The monoisotopic (exact) mass is 347 g/mol. The topological polar surface area (TPSA) is 85.1 Å². The van der Waals surface area contributed by atoms with Crippen LogP contribution >= 0.6 is 11.6 Å². The van der Waals surface area contributed by atoms with Gasteiger partial charge in [0.05, 0.1) is 12.8 Å². The van der Waals surface area contributed by atoms with Gasteiger partial charge in [-0.25, -0.2) is 9.78 Å². The molecule has 1 heterocycles. The van der Waals surface area contributed by atoms with Crippen molar-refractivity contribution in [3.63, 3.8) is 0 Å². The summed E-state index contributed by atoms with van der Waals surface area (Å²) >= 11 is 5.59. The van der Waals surface area contributed by atoms with E-state index in [-0.39, 0.29) is 23.3 Å². The average Bonchev–Trinajstić information content (AvgIpc) is 2.57. The molecule has 1 aromatic heterocycles. The first-order valence-electron chi connectivity index (χ1n) is 6.78. The van der Waals surface area contributed by atoms with Crippen molar-refractivity contribution in [2.45, 2.75) is 6.92 Å². The van der Waals surface area contributed by atoms with Gasteiger partial charge in [0.1, 0.15) is 17.4 Å². The number of benzene rings is 1. The molecule has 0 unspecified atom stereocenters. The number of rotatable bonds is 5. The van der Waals surface area contributed by atoms with Crippen LogP contribution in [0.4, 0.5) is 4.39 Å². The average molecular weight is 348 g/mol. The van der Waals surface area contributed by atoms with E-state index in [1.54, 1.807) is 25.1 Å². The van der Waals surface area contributed by atoms with E-state index in [9.17, 15) is 9.18 Å². The summed E-state index contributed by atoms with van der Waals surface area (Å²) in [6, 6.07) is 8.02. The zero-order valence-electron chi connectivity index (χ0n) is 12.5. The minimum Gasteiger partial charge on any atom is -0.462 e. The van der Waals surface area contributed by atoms with Gasteiger partial charge in [-0.1, -0.05) is 12.1 Å². The maximum absolute atomic E-state index is 13.5. The van der Waals surface area contributed by atoms with E-state index < -0.39 is 11.8 Å². The van der Waals surface area contributed by atoms with Crippen molar-refractivity contribution in [2.24, 2.45) is 0 Å². The molecule has 0 aliphatic heterocycles. The van der Waals surface area contributed by atoms with Crippen LogP contribution in [0.1, 0.15) is 12.5 Å². The molecule has 2 rings (SSSR count). The smallest absolute Gasteiger partial charge is 0.348 e. The fourth-order valence-corrected chi connectivity index (χ4v) is 1.78. The molecule has 0 saturated heterocycles. The Morgan fingerprint density at radius 1 is 1.42 bits per heavy atom. The highest BCUT2D eigenvalue weighted by Gasteiger charge is 2.11. The summed E-state index contributed by atoms with van der Waals surface area (Å²) in [5.74, 6) is -1.45. The first-order valence-corrected chi connectivity index (χ1v) is 7.16. The lowest BCUT2D eigenvalue weighted by atomic mass is 10.1. The minimum absolute atomic E-state index is 0.126. The van der Waals surface area contributed by atoms with Crippen molar-refractivity contribution in [3.8, 4) is 17.7 Å². The summed E-state index contributed by atoms with van der Waals surface area (Å²) in [6.45, 7) is 1.83. The molecule has 6 nitrogen and oxygen atoms in total. The largest absolute Gasteiger partial charge is 0.462 e. The van der Waals surface area contributed by atoms with Gasteiger partial charge in [0, 0.05) is 0 Å². The van der Waals surface area contributed by atoms with E-state index in [1.165, 1.54) is 18.2 Å². The third kappa shape index (κ3) is 4.51. The second-order valence-corrected chi connectivity index (χ2v) is 4.69. The zero-order valence-corrected chi connectivity index (χ0v) is 13.2. The summed E-state index contributed by atoms with van der Waals surface area (Å²) in [5, 5.41) is 8.84. The molecule has 0 fully saturated rings. The molecule has 0 bridgehead atoms. The number of hydrogen-bond donors (Lipinski definition) is 0. The fraction of sp³-hybridized carbons (Fsp3) is 0.125. The Morgan fingerprint density at radius 3 is 2.75 bits per heavy atom. The summed E-state index contributed by atoms with van der Waals surface area (Å²) in [5.41, 5.74) is 0.451. The molecule has 2 aromatic rings. The number of carbonyl (C=O) groups excluding carboxylic acids is 1. The molecule has 0 aliphatic carbocycles. The maximum Gasteiger partial charge on any atom is 0.348 e. The molecule has 0 aliphatic rings. The molecule has 0 radical (unpaired) electrons. The number of nitrogens with zero attached hydrogens (tertiary/aromatic N) is 3. The Labute approximate surface area is 142 Å². The molecule has 24 heavy (non-hydrogen) atoms. The molecular weight excluding hydrogens is 337 g/mol. The predicted octanol–water partition coefficient (Wildman–Crippen LogP) is 3.53. The molecule has 0 N–H and O–H groups in total. The second kappa shape index (κ2) is 8.04. The van der Waals surface area contributed by atoms with Crippen molar-refractivity contribution in [1.82, 2.24) is 9.97 Å². The van der Waals surface area contributed by atoms with Crippen molar-refractivity contribution in [2.75, 3.05) is 6.61 Å². The number of halogens is 2. The third-order valence-corrected chi connectivity index (χ3v) is 2.89. The molecule has 1 aromatic carbocycles. The standard InChI is InChI=1S/C16H11ClFN3O3/c1-2-23-15(22)11(8-19)7-10-3-5-12(6-4-10)24-14-13(18)9-20-16(17)21-14/h3-7,9H,2H2,1H3. The SMILES string of the molecule is CCOC(=O)C(C#N)=Cc1ccc(Oc2nc(Cl)ncc2F)cc1. The number of nitriles is 1. The highest BCUT2D eigenvalue weighted by Crippen LogP contribution is 2.23. The van der Waals surface area contributed by atoms with Crippen molar-refractivity contribution in [3.05, 3.63) is 52.7 Å². The van der Waals surface area contributed by atoms with Crippen LogP contribution in [0.3, 0.4) is 0 Å². The van der Waals surface area contributed by atoms with Crippen LogP contribution in [0.5, 0.6) is 11.6 Å². The first kappa shape index (κ1) is 17.4. The van der Waals surface area contributed by atoms with Gasteiger partial charge in [0.15, 0.2) is 0 Å². The minimum atomic E-state index is -0.752. The maximum atomic E-state index is 13.5. The van der Waals surface area contributed by atoms with Gasteiger partial charge >= 0.3 is 5.97 Å². The number of carbonyl (C=O) groups is 1. The number of esters is 1. The van der Waals surface area contributed by atoms with Crippen LogP contribution in [-0.2, 0) is 9.53 Å². The summed E-state index contributed by atoms with van der Waals surface area (Å²) in [7, 11) is 0. The van der Waals surface area contributed by atoms with Crippen LogP contribution in [-0.4, -0.2) is 22.5 Å². The van der Waals surface area contributed by atoms with E-state index in [0.29, 0.717) is 11.3 Å². The van der Waals surface area contributed by atoms with Crippen molar-refractivity contribution in [1.29, 1.82) is 5.26 Å². The van der Waals surface area contributed by atoms with E-state index >= 15 is 0 Å². The van der Waals surface area contributed by atoms with E-state index in [2.05, 4.69) is 9.97 Å². The number of ether oxygens (including phenoxy) is 2. The molecule has 0 saturated carbocycles. The van der Waals surface area contributed by atoms with Crippen LogP contribution in [0.2, 0.25) is 5.28 Å². The molecule has 0 atom stereocenters. The van der Waals surface area contributed by atoms with Crippen LogP contribution < -0.4 is 4.74 Å². The predicted molar refractivity (Wildman–Crippen MR) is 83.7 cm³/mol. The Hall–Kier alpha value is -2.98. The zero-order chi connectivity index (χ0) is 17.5. The Bertz CT molecular complexity index is 816. The number of aromatic nitrogens is 2. The second-order valence-electron chi connectivity index (χ2n) is 4.35.